The minimum absolute atomic E-state index is 0.234. The van der Waals surface area contributed by atoms with Crippen LogP contribution in [0, 0.1) is 0 Å². The lowest BCUT2D eigenvalue weighted by Crippen LogP contribution is -2.30. The van der Waals surface area contributed by atoms with Crippen molar-refractivity contribution < 1.29 is 4.79 Å². The third-order valence-corrected chi connectivity index (χ3v) is 4.55. The van der Waals surface area contributed by atoms with E-state index in [1.807, 2.05) is 4.90 Å². The smallest absolute Gasteiger partial charge is 0.223 e. The van der Waals surface area contributed by atoms with Gasteiger partial charge in [0.05, 0.1) is 0 Å². The van der Waals surface area contributed by atoms with Gasteiger partial charge in [-0.3, -0.25) is 4.79 Å². The highest BCUT2D eigenvalue weighted by molar-refractivity contribution is 5.76. The molecule has 24 heavy (non-hydrogen) atoms. The summed E-state index contributed by atoms with van der Waals surface area (Å²) in [7, 11) is 0. The van der Waals surface area contributed by atoms with Gasteiger partial charge in [-0.15, -0.1) is 13.2 Å². The average Bonchev–Trinajstić information content (AvgIpc) is 2.58. The van der Waals surface area contributed by atoms with Crippen LogP contribution in [0.4, 0.5) is 0 Å². The van der Waals surface area contributed by atoms with Crippen molar-refractivity contribution in [3.63, 3.8) is 0 Å². The molecule has 0 saturated heterocycles. The summed E-state index contributed by atoms with van der Waals surface area (Å²) in [4.78, 5) is 13.9. The summed E-state index contributed by atoms with van der Waals surface area (Å²) >= 11 is 0. The number of carbonyl (C=O) groups excluding carboxylic acids is 1. The normalized spacial score (nSPS) is 10.5. The minimum atomic E-state index is 0.234. The highest BCUT2D eigenvalue weighted by atomic mass is 16.2. The number of nitrogens with zero attached hydrogens (tertiary/aromatic N) is 1. The fourth-order valence-electron chi connectivity index (χ4n) is 3.04. The first-order valence-corrected chi connectivity index (χ1v) is 10.3. The largest absolute Gasteiger partial charge is 0.335 e. The van der Waals surface area contributed by atoms with E-state index >= 15 is 0 Å². The second-order valence-electron chi connectivity index (χ2n) is 6.87. The van der Waals surface area contributed by atoms with Crippen molar-refractivity contribution >= 4 is 5.91 Å². The van der Waals surface area contributed by atoms with Crippen LogP contribution in [-0.4, -0.2) is 23.9 Å². The van der Waals surface area contributed by atoms with Crippen molar-refractivity contribution in [2.24, 2.45) is 0 Å². The molecule has 0 aromatic heterocycles. The van der Waals surface area contributed by atoms with Gasteiger partial charge in [-0.2, -0.15) is 0 Å². The molecule has 0 aliphatic rings. The maximum Gasteiger partial charge on any atom is 0.223 e. The van der Waals surface area contributed by atoms with Gasteiger partial charge in [0.2, 0.25) is 5.91 Å². The Balaban J connectivity index is 3.36. The van der Waals surface area contributed by atoms with Gasteiger partial charge in [-0.05, 0) is 6.42 Å². The zero-order valence-corrected chi connectivity index (χ0v) is 16.2. The molecule has 1 amide bonds. The van der Waals surface area contributed by atoms with Crippen molar-refractivity contribution in [2.75, 3.05) is 13.1 Å². The van der Waals surface area contributed by atoms with Gasteiger partial charge in [-0.1, -0.05) is 96.1 Å². The third kappa shape index (κ3) is 14.5. The number of unbranched alkanes of at least 4 members (excludes halogenated alkanes) is 12. The predicted octanol–water partition coefficient (Wildman–Crippen LogP) is 6.67. The van der Waals surface area contributed by atoms with Crippen LogP contribution in [0.5, 0.6) is 0 Å². The fraction of sp³-hybridized carbons (Fsp3) is 0.773. The van der Waals surface area contributed by atoms with E-state index in [1.54, 1.807) is 12.2 Å². The molecule has 0 fully saturated rings. The Morgan fingerprint density at radius 2 is 1.08 bits per heavy atom. The maximum atomic E-state index is 12.1. The quantitative estimate of drug-likeness (QED) is 0.202. The predicted molar refractivity (Wildman–Crippen MR) is 107 cm³/mol. The lowest BCUT2D eigenvalue weighted by atomic mass is 10.0. The van der Waals surface area contributed by atoms with Gasteiger partial charge < -0.3 is 4.90 Å². The van der Waals surface area contributed by atoms with Gasteiger partial charge in [0.15, 0.2) is 0 Å². The summed E-state index contributed by atoms with van der Waals surface area (Å²) in [6.07, 6.45) is 21.6. The summed E-state index contributed by atoms with van der Waals surface area (Å²) in [5, 5.41) is 0. The molecule has 0 aromatic rings. The molecule has 0 spiro atoms. The summed E-state index contributed by atoms with van der Waals surface area (Å²) < 4.78 is 0. The highest BCUT2D eigenvalue weighted by Gasteiger charge is 2.09. The van der Waals surface area contributed by atoms with Gasteiger partial charge in [0.25, 0.3) is 0 Å². The van der Waals surface area contributed by atoms with Crippen LogP contribution in [0.3, 0.4) is 0 Å². The molecule has 140 valence electrons. The fourth-order valence-corrected chi connectivity index (χ4v) is 3.04. The number of hydrogen-bond donors (Lipinski definition) is 0. The number of hydrogen-bond acceptors (Lipinski definition) is 1. The van der Waals surface area contributed by atoms with E-state index in [0.29, 0.717) is 19.5 Å². The van der Waals surface area contributed by atoms with Crippen molar-refractivity contribution in [3.8, 4) is 0 Å². The zero-order chi connectivity index (χ0) is 17.9. The second kappa shape index (κ2) is 18.3. The highest BCUT2D eigenvalue weighted by Crippen LogP contribution is 2.13. The van der Waals surface area contributed by atoms with E-state index < -0.39 is 0 Å². The van der Waals surface area contributed by atoms with E-state index in [0.717, 1.165) is 6.42 Å². The van der Waals surface area contributed by atoms with Crippen LogP contribution in [-0.2, 0) is 4.79 Å². The Morgan fingerprint density at radius 3 is 1.46 bits per heavy atom. The Hall–Kier alpha value is -1.05. The summed E-state index contributed by atoms with van der Waals surface area (Å²) in [6, 6.07) is 0. The van der Waals surface area contributed by atoms with Crippen LogP contribution in [0.1, 0.15) is 96.8 Å². The molecule has 2 nitrogen and oxygen atoms in total. The first-order chi connectivity index (χ1) is 11.8. The lowest BCUT2D eigenvalue weighted by molar-refractivity contribution is -0.130. The molecule has 0 aromatic carbocycles. The van der Waals surface area contributed by atoms with Crippen molar-refractivity contribution in [1.82, 2.24) is 4.90 Å². The Bertz CT molecular complexity index is 301. The van der Waals surface area contributed by atoms with Gasteiger partial charge in [0, 0.05) is 19.5 Å². The lowest BCUT2D eigenvalue weighted by Gasteiger charge is -2.19. The van der Waals surface area contributed by atoms with E-state index in [1.165, 1.54) is 77.0 Å². The molecule has 0 atom stereocenters. The molecule has 2 heteroatoms. The van der Waals surface area contributed by atoms with Crippen LogP contribution in [0.15, 0.2) is 25.3 Å². The van der Waals surface area contributed by atoms with E-state index in [-0.39, 0.29) is 5.91 Å². The van der Waals surface area contributed by atoms with Gasteiger partial charge in [0.1, 0.15) is 0 Å². The SMILES string of the molecule is C=CCN(CC=C)C(=O)CCCCCCCCCCCCCCC. The maximum absolute atomic E-state index is 12.1. The van der Waals surface area contributed by atoms with Crippen molar-refractivity contribution in [1.29, 1.82) is 0 Å². The molecule has 0 saturated carbocycles. The third-order valence-electron chi connectivity index (χ3n) is 4.55. The molecule has 0 N–H and O–H groups in total. The molecule has 0 aliphatic heterocycles. The van der Waals surface area contributed by atoms with Crippen molar-refractivity contribution in [2.45, 2.75) is 96.8 Å². The Morgan fingerprint density at radius 1 is 0.708 bits per heavy atom. The molecule has 0 bridgehead atoms. The molecule has 0 aliphatic carbocycles. The minimum Gasteiger partial charge on any atom is -0.335 e. The second-order valence-corrected chi connectivity index (χ2v) is 6.87. The standard InChI is InChI=1S/C22H41NO/c1-4-7-8-9-10-11-12-13-14-15-16-17-18-19-22(24)23(20-5-2)21-6-3/h5-6H,2-4,7-21H2,1H3. The van der Waals surface area contributed by atoms with Gasteiger partial charge in [-0.25, -0.2) is 0 Å². The van der Waals surface area contributed by atoms with E-state index in [4.69, 9.17) is 0 Å². The Kier molecular flexibility index (Phi) is 17.5. The van der Waals surface area contributed by atoms with Crippen LogP contribution >= 0.6 is 0 Å². The zero-order valence-electron chi connectivity index (χ0n) is 16.2. The number of carbonyl (C=O) groups is 1. The monoisotopic (exact) mass is 335 g/mol. The molecule has 0 heterocycles. The van der Waals surface area contributed by atoms with Crippen molar-refractivity contribution in [3.05, 3.63) is 25.3 Å². The first kappa shape index (κ1) is 22.9. The molecule has 0 unspecified atom stereocenters. The van der Waals surface area contributed by atoms with Crippen LogP contribution in [0.2, 0.25) is 0 Å². The summed E-state index contributed by atoms with van der Waals surface area (Å²) in [5.74, 6) is 0.234. The average molecular weight is 336 g/mol. The van der Waals surface area contributed by atoms with Gasteiger partial charge >= 0.3 is 0 Å². The topological polar surface area (TPSA) is 20.3 Å². The molecular weight excluding hydrogens is 294 g/mol. The Labute approximate surface area is 151 Å². The summed E-state index contributed by atoms with van der Waals surface area (Å²) in [5.41, 5.74) is 0. The molecule has 0 rings (SSSR count). The number of rotatable bonds is 18. The van der Waals surface area contributed by atoms with E-state index in [2.05, 4.69) is 20.1 Å². The first-order valence-electron chi connectivity index (χ1n) is 10.3. The molecular formula is C22H41NO. The number of amides is 1. The van der Waals surface area contributed by atoms with Crippen LogP contribution in [0.25, 0.3) is 0 Å². The molecule has 0 radical (unpaired) electrons. The summed E-state index contributed by atoms with van der Waals surface area (Å²) in [6.45, 7) is 10.9. The van der Waals surface area contributed by atoms with Crippen LogP contribution < -0.4 is 0 Å². The van der Waals surface area contributed by atoms with E-state index in [9.17, 15) is 4.79 Å².